The molecule has 0 aromatic rings. The molecule has 1 aliphatic rings. The van der Waals surface area contributed by atoms with Gasteiger partial charge in [0, 0.05) is 0 Å². The molecule has 2 unspecified atom stereocenters. The van der Waals surface area contributed by atoms with Crippen LogP contribution in [0.25, 0.3) is 0 Å². The molecule has 0 spiro atoms. The molecule has 0 amide bonds. The average Bonchev–Trinajstić information content (AvgIpc) is 1.94. The molecule has 0 saturated heterocycles. The third-order valence-electron chi connectivity index (χ3n) is 1.82. The van der Waals surface area contributed by atoms with Crippen LogP contribution in [0.2, 0.25) is 0 Å². The quantitative estimate of drug-likeness (QED) is 0.576. The van der Waals surface area contributed by atoms with Crippen molar-refractivity contribution in [3.8, 4) is 0 Å². The van der Waals surface area contributed by atoms with Crippen molar-refractivity contribution in [2.75, 3.05) is 0 Å². The number of carbonyl (C=O) groups excluding carboxylic acids is 1. The zero-order chi connectivity index (χ0) is 7.40. The number of ether oxygens (including phenoxy) is 1. The molecule has 0 aromatic heterocycles. The summed E-state index contributed by atoms with van der Waals surface area (Å²) in [7, 11) is 0. The number of rotatable bonds is 2. The normalized spacial score (nSPS) is 33.3. The van der Waals surface area contributed by atoms with Gasteiger partial charge in [-0.1, -0.05) is 6.42 Å². The molecule has 1 saturated carbocycles. The van der Waals surface area contributed by atoms with Gasteiger partial charge in [-0.2, -0.15) is 0 Å². The predicted molar refractivity (Wildman–Crippen MR) is 38.7 cm³/mol. The van der Waals surface area contributed by atoms with E-state index in [2.05, 4.69) is 4.74 Å². The van der Waals surface area contributed by atoms with Gasteiger partial charge >= 0.3 is 6.47 Å². The van der Waals surface area contributed by atoms with Crippen LogP contribution in [0, 0.1) is 0 Å². The van der Waals surface area contributed by atoms with Gasteiger partial charge in [-0.3, -0.25) is 0 Å². The van der Waals surface area contributed by atoms with Gasteiger partial charge in [-0.15, -0.1) is 11.6 Å². The van der Waals surface area contributed by atoms with Crippen LogP contribution in [0.15, 0.2) is 0 Å². The fraction of sp³-hybridized carbons (Fsp3) is 0.857. The lowest BCUT2D eigenvalue weighted by atomic mass is 9.97. The van der Waals surface area contributed by atoms with Crippen LogP contribution >= 0.6 is 11.6 Å². The standard InChI is InChI=1S/C7H10ClO2/c8-6-3-1-2-4-7(6)10-5-9/h6-7H,1-4H2. The molecule has 3 heteroatoms. The van der Waals surface area contributed by atoms with E-state index in [0.29, 0.717) is 0 Å². The molecular formula is C7H10ClO2. The number of alkyl halides is 1. The first-order valence-electron chi connectivity index (χ1n) is 3.51. The Morgan fingerprint density at radius 2 is 2.10 bits per heavy atom. The number of halogens is 1. The molecule has 1 aliphatic carbocycles. The summed E-state index contributed by atoms with van der Waals surface area (Å²) in [6, 6.07) is 0. The maximum Gasteiger partial charge on any atom is 0.417 e. The summed E-state index contributed by atoms with van der Waals surface area (Å²) in [6.45, 7) is 1.43. The zero-order valence-corrected chi connectivity index (χ0v) is 6.43. The highest BCUT2D eigenvalue weighted by Gasteiger charge is 2.24. The van der Waals surface area contributed by atoms with Crippen LogP contribution in [0.1, 0.15) is 25.7 Å². The van der Waals surface area contributed by atoms with Crippen molar-refractivity contribution in [1.82, 2.24) is 0 Å². The first kappa shape index (κ1) is 7.86. The lowest BCUT2D eigenvalue weighted by Crippen LogP contribution is -2.27. The Morgan fingerprint density at radius 3 is 2.70 bits per heavy atom. The van der Waals surface area contributed by atoms with Crippen LogP contribution in [0.3, 0.4) is 0 Å². The second kappa shape index (κ2) is 3.81. The lowest BCUT2D eigenvalue weighted by molar-refractivity contribution is 0.139. The Bertz CT molecular complexity index is 116. The van der Waals surface area contributed by atoms with Gasteiger partial charge in [0.15, 0.2) is 0 Å². The third-order valence-corrected chi connectivity index (χ3v) is 2.32. The molecule has 0 N–H and O–H groups in total. The molecule has 0 aromatic carbocycles. The molecule has 1 rings (SSSR count). The van der Waals surface area contributed by atoms with Gasteiger partial charge in [-0.05, 0) is 19.3 Å². The van der Waals surface area contributed by atoms with Gasteiger partial charge in [0.1, 0.15) is 6.10 Å². The first-order valence-corrected chi connectivity index (χ1v) is 3.95. The summed E-state index contributed by atoms with van der Waals surface area (Å²) in [4.78, 5) is 9.81. The Morgan fingerprint density at radius 1 is 1.40 bits per heavy atom. The molecular weight excluding hydrogens is 152 g/mol. The molecule has 1 radical (unpaired) electrons. The van der Waals surface area contributed by atoms with Gasteiger partial charge in [0.2, 0.25) is 0 Å². The predicted octanol–water partition coefficient (Wildman–Crippen LogP) is 1.62. The minimum Gasteiger partial charge on any atom is -0.452 e. The lowest BCUT2D eigenvalue weighted by Gasteiger charge is -2.24. The van der Waals surface area contributed by atoms with Gasteiger partial charge < -0.3 is 4.74 Å². The second-order valence-corrected chi connectivity index (χ2v) is 3.10. The Hall–Kier alpha value is -0.240. The molecule has 2 nitrogen and oxygen atoms in total. The van der Waals surface area contributed by atoms with Crippen molar-refractivity contribution in [2.45, 2.75) is 37.2 Å². The Balaban J connectivity index is 2.32. The minimum atomic E-state index is -0.0899. The summed E-state index contributed by atoms with van der Waals surface area (Å²) in [5.74, 6) is 0. The molecule has 10 heavy (non-hydrogen) atoms. The van der Waals surface area contributed by atoms with E-state index >= 15 is 0 Å². The maximum absolute atomic E-state index is 9.81. The van der Waals surface area contributed by atoms with E-state index in [0.717, 1.165) is 25.7 Å². The number of hydrogen-bond donors (Lipinski definition) is 0. The summed E-state index contributed by atoms with van der Waals surface area (Å²) in [5, 5.41) is 0.00944. The smallest absolute Gasteiger partial charge is 0.417 e. The van der Waals surface area contributed by atoms with Crippen LogP contribution in [0.5, 0.6) is 0 Å². The van der Waals surface area contributed by atoms with Crippen LogP contribution in [0.4, 0.5) is 0 Å². The summed E-state index contributed by atoms with van der Waals surface area (Å²) < 4.78 is 4.66. The zero-order valence-electron chi connectivity index (χ0n) is 5.68. The van der Waals surface area contributed by atoms with E-state index in [1.54, 1.807) is 0 Å². The fourth-order valence-corrected chi connectivity index (χ4v) is 1.58. The third kappa shape index (κ3) is 1.87. The van der Waals surface area contributed by atoms with E-state index in [4.69, 9.17) is 11.6 Å². The Kier molecular flexibility index (Phi) is 3.00. The topological polar surface area (TPSA) is 26.3 Å². The highest BCUT2D eigenvalue weighted by molar-refractivity contribution is 6.21. The van der Waals surface area contributed by atoms with Crippen LogP contribution < -0.4 is 0 Å². The van der Waals surface area contributed by atoms with Gasteiger partial charge in [0.25, 0.3) is 0 Å². The second-order valence-electron chi connectivity index (χ2n) is 2.54. The molecule has 0 heterocycles. The molecule has 1 fully saturated rings. The van der Waals surface area contributed by atoms with Gasteiger partial charge in [-0.25, -0.2) is 4.79 Å². The van der Waals surface area contributed by atoms with Crippen molar-refractivity contribution in [3.63, 3.8) is 0 Å². The van der Waals surface area contributed by atoms with Crippen LogP contribution in [-0.2, 0) is 9.53 Å². The maximum atomic E-state index is 9.81. The van der Waals surface area contributed by atoms with E-state index in [9.17, 15) is 4.79 Å². The molecule has 0 aliphatic heterocycles. The van der Waals surface area contributed by atoms with Crippen LogP contribution in [-0.4, -0.2) is 18.0 Å². The van der Waals surface area contributed by atoms with E-state index in [-0.39, 0.29) is 11.5 Å². The highest BCUT2D eigenvalue weighted by atomic mass is 35.5. The average molecular weight is 162 g/mol. The largest absolute Gasteiger partial charge is 0.452 e. The van der Waals surface area contributed by atoms with Gasteiger partial charge in [0.05, 0.1) is 5.38 Å². The fourth-order valence-electron chi connectivity index (χ4n) is 1.25. The first-order chi connectivity index (χ1) is 4.84. The molecule has 57 valence electrons. The number of hydrogen-bond acceptors (Lipinski definition) is 2. The van der Waals surface area contributed by atoms with E-state index in [1.165, 1.54) is 6.47 Å². The summed E-state index contributed by atoms with van der Waals surface area (Å²) in [6.07, 6.45) is 4.01. The van der Waals surface area contributed by atoms with E-state index < -0.39 is 0 Å². The van der Waals surface area contributed by atoms with Crippen molar-refractivity contribution < 1.29 is 9.53 Å². The highest BCUT2D eigenvalue weighted by Crippen LogP contribution is 2.24. The van der Waals surface area contributed by atoms with Crippen molar-refractivity contribution in [3.05, 3.63) is 0 Å². The van der Waals surface area contributed by atoms with Crippen molar-refractivity contribution in [2.24, 2.45) is 0 Å². The Labute approximate surface area is 65.5 Å². The van der Waals surface area contributed by atoms with Crippen molar-refractivity contribution >= 4 is 18.1 Å². The minimum absolute atomic E-state index is 0.00944. The van der Waals surface area contributed by atoms with E-state index in [1.807, 2.05) is 0 Å². The SMILES string of the molecule is O=[C]OC1CCCCC1Cl. The summed E-state index contributed by atoms with van der Waals surface area (Å²) in [5.41, 5.74) is 0. The monoisotopic (exact) mass is 161 g/mol. The molecule has 2 atom stereocenters. The summed E-state index contributed by atoms with van der Waals surface area (Å²) >= 11 is 5.86. The molecule has 0 bridgehead atoms. The van der Waals surface area contributed by atoms with Crippen molar-refractivity contribution in [1.29, 1.82) is 0 Å².